The molecule has 1 rings (SSSR count). The first kappa shape index (κ1) is 12.0. The molecule has 0 bridgehead atoms. The molecular weight excluding hydrogens is 220 g/mol. The second-order valence-electron chi connectivity index (χ2n) is 4.71. The monoisotopic (exact) mass is 236 g/mol. The van der Waals surface area contributed by atoms with Crippen molar-refractivity contribution in [1.82, 2.24) is 0 Å². The first-order valence-corrected chi connectivity index (χ1v) is 6.67. The van der Waals surface area contributed by atoms with Gasteiger partial charge in [-0.15, -0.1) is 0 Å². The van der Waals surface area contributed by atoms with Crippen LogP contribution >= 0.6 is 12.6 Å². The van der Waals surface area contributed by atoms with E-state index in [9.17, 15) is 13.2 Å². The van der Waals surface area contributed by atoms with E-state index >= 15 is 0 Å². The highest BCUT2D eigenvalue weighted by Crippen LogP contribution is 2.31. The van der Waals surface area contributed by atoms with Gasteiger partial charge < -0.3 is 0 Å². The largest absolute Gasteiger partial charge is 0.298 e. The van der Waals surface area contributed by atoms with Crippen molar-refractivity contribution in [2.75, 3.05) is 0 Å². The molecule has 14 heavy (non-hydrogen) atoms. The summed E-state index contributed by atoms with van der Waals surface area (Å²) in [4.78, 5) is 11.4. The first-order valence-electron chi connectivity index (χ1n) is 4.60. The molecule has 1 saturated carbocycles. The van der Waals surface area contributed by atoms with Crippen LogP contribution in [0.1, 0.15) is 33.6 Å². The van der Waals surface area contributed by atoms with Gasteiger partial charge in [0.15, 0.2) is 15.6 Å². The third-order valence-electron chi connectivity index (χ3n) is 2.51. The van der Waals surface area contributed by atoms with Crippen molar-refractivity contribution in [3.8, 4) is 0 Å². The van der Waals surface area contributed by atoms with E-state index in [4.69, 9.17) is 0 Å². The van der Waals surface area contributed by atoms with E-state index in [0.29, 0.717) is 6.42 Å². The number of sulfone groups is 1. The Morgan fingerprint density at radius 2 is 1.86 bits per heavy atom. The number of hydrogen-bond acceptors (Lipinski definition) is 4. The highest BCUT2D eigenvalue weighted by molar-refractivity contribution is 7.94. The van der Waals surface area contributed by atoms with Crippen LogP contribution in [0.5, 0.6) is 0 Å². The molecule has 0 aromatic heterocycles. The van der Waals surface area contributed by atoms with Crippen LogP contribution < -0.4 is 0 Å². The van der Waals surface area contributed by atoms with E-state index in [1.807, 2.05) is 0 Å². The molecule has 2 atom stereocenters. The van der Waals surface area contributed by atoms with Gasteiger partial charge >= 0.3 is 0 Å². The molecule has 0 aliphatic heterocycles. The lowest BCUT2D eigenvalue weighted by molar-refractivity contribution is -0.117. The Kier molecular flexibility index (Phi) is 3.03. The predicted molar refractivity (Wildman–Crippen MR) is 59.5 cm³/mol. The summed E-state index contributed by atoms with van der Waals surface area (Å²) in [6.45, 7) is 4.88. The van der Waals surface area contributed by atoms with Crippen molar-refractivity contribution in [1.29, 1.82) is 0 Å². The topological polar surface area (TPSA) is 51.2 Å². The Hall–Kier alpha value is -0.0300. The molecule has 1 fully saturated rings. The smallest absolute Gasteiger partial charge is 0.165 e. The summed E-state index contributed by atoms with van der Waals surface area (Å²) in [6.07, 6.45) is 0.643. The van der Waals surface area contributed by atoms with Gasteiger partial charge in [0.2, 0.25) is 0 Å². The summed E-state index contributed by atoms with van der Waals surface area (Å²) in [6, 6.07) is 0. The standard InChI is InChI=1S/C9H16O3S2/c1-9(2,3)14(11,12)8-5-6(13)4-7(8)10/h6,8,13H,4-5H2,1-3H3. The van der Waals surface area contributed by atoms with Crippen molar-refractivity contribution in [3.05, 3.63) is 0 Å². The average Bonchev–Trinajstić information content (AvgIpc) is 2.27. The number of carbonyl (C=O) groups is 1. The maximum absolute atomic E-state index is 12.0. The molecule has 0 N–H and O–H groups in total. The van der Waals surface area contributed by atoms with Crippen LogP contribution in [0.25, 0.3) is 0 Å². The van der Waals surface area contributed by atoms with Crippen LogP contribution in [0, 0.1) is 0 Å². The fourth-order valence-electron chi connectivity index (χ4n) is 1.55. The van der Waals surface area contributed by atoms with Crippen molar-refractivity contribution in [2.24, 2.45) is 0 Å². The number of carbonyl (C=O) groups excluding carboxylic acids is 1. The second kappa shape index (κ2) is 3.52. The SMILES string of the molecule is CC(C)(C)S(=O)(=O)C1CC(S)CC1=O. The maximum atomic E-state index is 12.0. The first-order chi connectivity index (χ1) is 6.16. The van der Waals surface area contributed by atoms with Crippen molar-refractivity contribution >= 4 is 28.2 Å². The van der Waals surface area contributed by atoms with Crippen LogP contribution in [-0.4, -0.2) is 29.4 Å². The van der Waals surface area contributed by atoms with Gasteiger partial charge in [-0.25, -0.2) is 8.42 Å². The zero-order valence-electron chi connectivity index (χ0n) is 8.65. The molecule has 82 valence electrons. The third-order valence-corrected chi connectivity index (χ3v) is 5.82. The zero-order valence-corrected chi connectivity index (χ0v) is 10.4. The minimum Gasteiger partial charge on any atom is -0.298 e. The normalized spacial score (nSPS) is 29.6. The molecule has 0 aromatic carbocycles. The van der Waals surface area contributed by atoms with Gasteiger partial charge in [-0.3, -0.25) is 4.79 Å². The Balaban J connectivity index is 3.02. The number of ketones is 1. The summed E-state index contributed by atoms with van der Waals surface area (Å²) in [5, 5.41) is -0.922. The van der Waals surface area contributed by atoms with Crippen LogP contribution in [0.15, 0.2) is 0 Å². The number of hydrogen-bond donors (Lipinski definition) is 1. The van der Waals surface area contributed by atoms with Gasteiger partial charge in [-0.1, -0.05) is 0 Å². The molecule has 0 radical (unpaired) electrons. The minimum absolute atomic E-state index is 0.0929. The zero-order chi connectivity index (χ0) is 11.1. The highest BCUT2D eigenvalue weighted by atomic mass is 32.2. The predicted octanol–water partition coefficient (Wildman–Crippen LogP) is 1.23. The van der Waals surface area contributed by atoms with E-state index in [2.05, 4.69) is 12.6 Å². The van der Waals surface area contributed by atoms with E-state index in [1.54, 1.807) is 20.8 Å². The number of thiol groups is 1. The third kappa shape index (κ3) is 1.98. The van der Waals surface area contributed by atoms with E-state index in [1.165, 1.54) is 0 Å². The van der Waals surface area contributed by atoms with Crippen LogP contribution in [0.3, 0.4) is 0 Å². The summed E-state index contributed by atoms with van der Waals surface area (Å²) in [5.41, 5.74) is 0. The molecule has 3 nitrogen and oxygen atoms in total. The number of rotatable bonds is 1. The molecule has 1 aliphatic carbocycles. The second-order valence-corrected chi connectivity index (χ2v) is 8.32. The lowest BCUT2D eigenvalue weighted by atomic mass is 10.3. The summed E-state index contributed by atoms with van der Waals surface area (Å²) < 4.78 is 23.1. The van der Waals surface area contributed by atoms with Gasteiger partial charge in [0.05, 0.1) is 4.75 Å². The molecule has 0 amide bonds. The van der Waals surface area contributed by atoms with Crippen molar-refractivity contribution in [3.63, 3.8) is 0 Å². The Labute approximate surface area is 90.6 Å². The van der Waals surface area contributed by atoms with Crippen LogP contribution in [-0.2, 0) is 14.6 Å². The van der Waals surface area contributed by atoms with Gasteiger partial charge in [-0.05, 0) is 27.2 Å². The molecule has 2 unspecified atom stereocenters. The lowest BCUT2D eigenvalue weighted by Crippen LogP contribution is -2.39. The summed E-state index contributed by atoms with van der Waals surface area (Å²) in [5.74, 6) is -0.181. The molecule has 0 heterocycles. The molecule has 5 heteroatoms. The van der Waals surface area contributed by atoms with Gasteiger partial charge in [-0.2, -0.15) is 12.6 Å². The summed E-state index contributed by atoms with van der Waals surface area (Å²) >= 11 is 4.15. The maximum Gasteiger partial charge on any atom is 0.165 e. The van der Waals surface area contributed by atoms with E-state index in [-0.39, 0.29) is 17.5 Å². The van der Waals surface area contributed by atoms with E-state index < -0.39 is 19.8 Å². The summed E-state index contributed by atoms with van der Waals surface area (Å²) in [7, 11) is -3.36. The van der Waals surface area contributed by atoms with E-state index in [0.717, 1.165) is 0 Å². The van der Waals surface area contributed by atoms with Crippen molar-refractivity contribution in [2.45, 2.75) is 48.9 Å². The van der Waals surface area contributed by atoms with Crippen LogP contribution in [0.4, 0.5) is 0 Å². The molecule has 0 saturated heterocycles. The lowest BCUT2D eigenvalue weighted by Gasteiger charge is -2.23. The highest BCUT2D eigenvalue weighted by Gasteiger charge is 2.45. The van der Waals surface area contributed by atoms with Crippen molar-refractivity contribution < 1.29 is 13.2 Å². The number of Topliss-reactive ketones (excluding diaryl/α,β-unsaturated/α-hetero) is 1. The quantitative estimate of drug-likeness (QED) is 0.697. The van der Waals surface area contributed by atoms with Crippen LogP contribution in [0.2, 0.25) is 0 Å². The molecule has 0 spiro atoms. The molecule has 0 aromatic rings. The van der Waals surface area contributed by atoms with Gasteiger partial charge in [0, 0.05) is 11.7 Å². The Bertz CT molecular complexity index is 338. The molecule has 1 aliphatic rings. The molecular formula is C9H16O3S2. The van der Waals surface area contributed by atoms with Gasteiger partial charge in [0.1, 0.15) is 5.25 Å². The fraction of sp³-hybridized carbons (Fsp3) is 0.889. The Morgan fingerprint density at radius 1 is 1.36 bits per heavy atom. The minimum atomic E-state index is -3.36. The Morgan fingerprint density at radius 3 is 2.14 bits per heavy atom. The fourth-order valence-corrected chi connectivity index (χ4v) is 3.87. The average molecular weight is 236 g/mol. The van der Waals surface area contributed by atoms with Gasteiger partial charge in [0.25, 0.3) is 0 Å².